The minimum Gasteiger partial charge on any atom is -0.384 e. The van der Waals surface area contributed by atoms with E-state index in [-0.39, 0.29) is 11.8 Å². The topological polar surface area (TPSA) is 64.2 Å². The van der Waals surface area contributed by atoms with Crippen LogP contribution in [0.2, 0.25) is 0 Å². The number of anilines is 1. The minimum atomic E-state index is 0.263. The van der Waals surface area contributed by atoms with E-state index in [0.717, 1.165) is 24.1 Å². The van der Waals surface area contributed by atoms with Crippen LogP contribution in [0.5, 0.6) is 0 Å². The molecule has 1 aliphatic heterocycles. The molecular weight excluding hydrogens is 204 g/mol. The molecule has 1 amide bonds. The fraction of sp³-hybridized carbons (Fsp3) is 0.636. The molecule has 5 nitrogen and oxygen atoms in total. The Kier molecular flexibility index (Phi) is 1.96. The van der Waals surface area contributed by atoms with Crippen LogP contribution in [0.1, 0.15) is 30.5 Å². The fourth-order valence-electron chi connectivity index (χ4n) is 2.43. The number of fused-ring (bicyclic) bond motifs is 1. The number of amides is 1. The Labute approximate surface area is 94.2 Å². The van der Waals surface area contributed by atoms with Gasteiger partial charge in [0, 0.05) is 18.5 Å². The number of carbonyl (C=O) groups is 1. The van der Waals surface area contributed by atoms with Crippen LogP contribution in [-0.2, 0) is 24.9 Å². The molecule has 1 saturated carbocycles. The van der Waals surface area contributed by atoms with E-state index in [9.17, 15) is 4.79 Å². The molecule has 0 bridgehead atoms. The lowest BCUT2D eigenvalue weighted by atomic mass is 9.84. The molecule has 0 saturated heterocycles. The standard InChI is InChI=1S/C11H16N4O/c1-14-10(12)8-5-15(6-9(8)13-14)11(16)7-3-2-4-7/h7H,2-6,12H2,1H3. The lowest BCUT2D eigenvalue weighted by Crippen LogP contribution is -2.35. The molecule has 1 aliphatic carbocycles. The van der Waals surface area contributed by atoms with Crippen molar-refractivity contribution in [3.63, 3.8) is 0 Å². The zero-order chi connectivity index (χ0) is 11.3. The highest BCUT2D eigenvalue weighted by atomic mass is 16.2. The van der Waals surface area contributed by atoms with Gasteiger partial charge in [-0.05, 0) is 12.8 Å². The maximum Gasteiger partial charge on any atom is 0.226 e. The minimum absolute atomic E-state index is 0.263. The maximum atomic E-state index is 12.0. The van der Waals surface area contributed by atoms with Gasteiger partial charge in [-0.25, -0.2) is 0 Å². The van der Waals surface area contributed by atoms with Gasteiger partial charge in [-0.2, -0.15) is 5.10 Å². The van der Waals surface area contributed by atoms with Crippen LogP contribution in [-0.4, -0.2) is 20.6 Å². The Morgan fingerprint density at radius 1 is 1.44 bits per heavy atom. The van der Waals surface area contributed by atoms with Gasteiger partial charge in [0.25, 0.3) is 0 Å². The van der Waals surface area contributed by atoms with Gasteiger partial charge in [-0.15, -0.1) is 0 Å². The average molecular weight is 220 g/mol. The van der Waals surface area contributed by atoms with Crippen molar-refractivity contribution in [1.82, 2.24) is 14.7 Å². The number of hydrogen-bond donors (Lipinski definition) is 1. The first kappa shape index (κ1) is 9.69. The first-order valence-corrected chi connectivity index (χ1v) is 5.76. The Hall–Kier alpha value is -1.52. The van der Waals surface area contributed by atoms with Crippen LogP contribution in [0.4, 0.5) is 5.82 Å². The first-order valence-electron chi connectivity index (χ1n) is 5.76. The summed E-state index contributed by atoms with van der Waals surface area (Å²) < 4.78 is 1.69. The number of aromatic nitrogens is 2. The Morgan fingerprint density at radius 2 is 2.19 bits per heavy atom. The first-order chi connectivity index (χ1) is 7.66. The number of nitrogen functional groups attached to an aromatic ring is 1. The van der Waals surface area contributed by atoms with E-state index >= 15 is 0 Å². The Balaban J connectivity index is 1.77. The maximum absolute atomic E-state index is 12.0. The summed E-state index contributed by atoms with van der Waals surface area (Å²) in [5.74, 6) is 1.24. The molecule has 86 valence electrons. The molecule has 5 heteroatoms. The fourth-order valence-corrected chi connectivity index (χ4v) is 2.43. The van der Waals surface area contributed by atoms with Crippen molar-refractivity contribution in [2.24, 2.45) is 13.0 Å². The number of hydrogen-bond acceptors (Lipinski definition) is 3. The van der Waals surface area contributed by atoms with Crippen molar-refractivity contribution in [2.45, 2.75) is 32.4 Å². The highest BCUT2D eigenvalue weighted by Gasteiger charge is 2.34. The van der Waals surface area contributed by atoms with Crippen molar-refractivity contribution < 1.29 is 4.79 Å². The quantitative estimate of drug-likeness (QED) is 0.755. The van der Waals surface area contributed by atoms with Crippen LogP contribution in [0.3, 0.4) is 0 Å². The number of aryl methyl sites for hydroxylation is 1. The molecule has 0 atom stereocenters. The number of carbonyl (C=O) groups excluding carboxylic acids is 1. The van der Waals surface area contributed by atoms with Gasteiger partial charge in [0.05, 0.1) is 18.8 Å². The highest BCUT2D eigenvalue weighted by Crippen LogP contribution is 2.33. The second kappa shape index (κ2) is 3.23. The van der Waals surface area contributed by atoms with Crippen LogP contribution in [0.25, 0.3) is 0 Å². The Morgan fingerprint density at radius 3 is 2.75 bits per heavy atom. The van der Waals surface area contributed by atoms with Gasteiger partial charge in [-0.1, -0.05) is 6.42 Å². The average Bonchev–Trinajstić information content (AvgIpc) is 2.66. The second-order valence-electron chi connectivity index (χ2n) is 4.76. The zero-order valence-electron chi connectivity index (χ0n) is 9.44. The van der Waals surface area contributed by atoms with Crippen molar-refractivity contribution in [3.8, 4) is 0 Å². The summed E-state index contributed by atoms with van der Waals surface area (Å²) >= 11 is 0. The zero-order valence-corrected chi connectivity index (χ0v) is 9.44. The smallest absolute Gasteiger partial charge is 0.226 e. The summed E-state index contributed by atoms with van der Waals surface area (Å²) in [4.78, 5) is 13.9. The molecule has 2 aliphatic rings. The summed E-state index contributed by atoms with van der Waals surface area (Å²) in [6.07, 6.45) is 3.30. The van der Waals surface area contributed by atoms with E-state index in [1.54, 1.807) is 4.68 Å². The molecule has 3 rings (SSSR count). The number of rotatable bonds is 1. The van der Waals surface area contributed by atoms with Crippen LogP contribution in [0.15, 0.2) is 0 Å². The van der Waals surface area contributed by atoms with E-state index < -0.39 is 0 Å². The van der Waals surface area contributed by atoms with Gasteiger partial charge in [0.1, 0.15) is 5.82 Å². The summed E-state index contributed by atoms with van der Waals surface area (Å²) in [6.45, 7) is 1.28. The van der Waals surface area contributed by atoms with Crippen LogP contribution >= 0.6 is 0 Å². The van der Waals surface area contributed by atoms with E-state index in [1.807, 2.05) is 11.9 Å². The molecule has 0 radical (unpaired) electrons. The van der Waals surface area contributed by atoms with E-state index in [0.29, 0.717) is 18.9 Å². The normalized spacial score (nSPS) is 19.7. The van der Waals surface area contributed by atoms with Gasteiger partial charge >= 0.3 is 0 Å². The molecule has 0 spiro atoms. The largest absolute Gasteiger partial charge is 0.384 e. The molecule has 1 fully saturated rings. The second-order valence-corrected chi connectivity index (χ2v) is 4.76. The lowest BCUT2D eigenvalue weighted by molar-refractivity contribution is -0.138. The van der Waals surface area contributed by atoms with E-state index in [2.05, 4.69) is 5.10 Å². The number of nitrogens with zero attached hydrogens (tertiary/aromatic N) is 3. The Bertz CT molecular complexity index is 447. The monoisotopic (exact) mass is 220 g/mol. The molecule has 16 heavy (non-hydrogen) atoms. The van der Waals surface area contributed by atoms with Crippen molar-refractivity contribution in [1.29, 1.82) is 0 Å². The predicted octanol–water partition coefficient (Wildman–Crippen LogP) is 0.645. The van der Waals surface area contributed by atoms with Gasteiger partial charge in [0.15, 0.2) is 0 Å². The summed E-state index contributed by atoms with van der Waals surface area (Å²) in [5.41, 5.74) is 7.90. The van der Waals surface area contributed by atoms with Gasteiger partial charge in [-0.3, -0.25) is 9.48 Å². The van der Waals surface area contributed by atoms with Gasteiger partial charge in [0.2, 0.25) is 5.91 Å². The van der Waals surface area contributed by atoms with Crippen molar-refractivity contribution >= 4 is 11.7 Å². The van der Waals surface area contributed by atoms with E-state index in [1.165, 1.54) is 6.42 Å². The number of nitrogens with two attached hydrogens (primary N) is 1. The molecule has 2 heterocycles. The van der Waals surface area contributed by atoms with Crippen LogP contribution < -0.4 is 5.73 Å². The van der Waals surface area contributed by atoms with E-state index in [4.69, 9.17) is 5.73 Å². The molecule has 1 aromatic heterocycles. The molecule has 2 N–H and O–H groups in total. The molecule has 0 unspecified atom stereocenters. The molecule has 0 aromatic carbocycles. The summed E-state index contributed by atoms with van der Waals surface area (Å²) in [6, 6.07) is 0. The lowest BCUT2D eigenvalue weighted by Gasteiger charge is -2.28. The van der Waals surface area contributed by atoms with Crippen molar-refractivity contribution in [3.05, 3.63) is 11.3 Å². The van der Waals surface area contributed by atoms with Crippen LogP contribution in [0, 0.1) is 5.92 Å². The predicted molar refractivity (Wildman–Crippen MR) is 59.2 cm³/mol. The third kappa shape index (κ3) is 1.24. The molecule has 1 aromatic rings. The van der Waals surface area contributed by atoms with Gasteiger partial charge < -0.3 is 10.6 Å². The summed E-state index contributed by atoms with van der Waals surface area (Å²) in [5, 5.41) is 4.32. The van der Waals surface area contributed by atoms with Crippen molar-refractivity contribution in [2.75, 3.05) is 5.73 Å². The molecular formula is C11H16N4O. The summed E-state index contributed by atoms with van der Waals surface area (Å²) in [7, 11) is 1.84. The SMILES string of the molecule is Cn1nc2c(c1N)CN(C(=O)C1CCC1)C2. The third-order valence-electron chi connectivity index (χ3n) is 3.73. The highest BCUT2D eigenvalue weighted by molar-refractivity contribution is 5.80. The third-order valence-corrected chi connectivity index (χ3v) is 3.73.